The van der Waals surface area contributed by atoms with Crippen molar-refractivity contribution in [2.24, 2.45) is 17.6 Å². The van der Waals surface area contributed by atoms with Gasteiger partial charge >= 0.3 is 0 Å². The van der Waals surface area contributed by atoms with Crippen LogP contribution in [0.2, 0.25) is 5.02 Å². The monoisotopic (exact) mass is 311 g/mol. The number of amides is 2. The predicted molar refractivity (Wildman–Crippen MR) is 85.5 cm³/mol. The van der Waals surface area contributed by atoms with Crippen molar-refractivity contribution in [1.29, 1.82) is 0 Å². The molecule has 0 spiro atoms. The van der Waals surface area contributed by atoms with Gasteiger partial charge in [0.25, 0.3) is 5.91 Å². The fourth-order valence-corrected chi connectivity index (χ4v) is 1.81. The predicted octanol–water partition coefficient (Wildman–Crippen LogP) is 2.26. The first-order valence-corrected chi connectivity index (χ1v) is 7.31. The number of nitrogens with two attached hydrogens (primary N) is 1. The average molecular weight is 312 g/mol. The Balaban J connectivity index is 2.76. The number of anilines is 1. The molecule has 0 aromatic heterocycles. The summed E-state index contributed by atoms with van der Waals surface area (Å²) >= 11 is 6.10. The molecule has 1 aromatic rings. The van der Waals surface area contributed by atoms with E-state index in [1.165, 1.54) is 0 Å². The minimum atomic E-state index is -0.280. The molecule has 0 fully saturated rings. The zero-order chi connectivity index (χ0) is 16.0. The second-order valence-electron chi connectivity index (χ2n) is 5.42. The zero-order valence-corrected chi connectivity index (χ0v) is 13.3. The van der Waals surface area contributed by atoms with Crippen molar-refractivity contribution in [3.8, 4) is 0 Å². The third-order valence-corrected chi connectivity index (χ3v) is 3.27. The van der Waals surface area contributed by atoms with Crippen LogP contribution in [0.15, 0.2) is 18.2 Å². The third-order valence-electron chi connectivity index (χ3n) is 2.95. The molecule has 5 nitrogen and oxygen atoms in total. The van der Waals surface area contributed by atoms with Crippen molar-refractivity contribution in [1.82, 2.24) is 5.32 Å². The Hall–Kier alpha value is -1.59. The summed E-state index contributed by atoms with van der Waals surface area (Å²) in [6.45, 7) is 6.62. The highest BCUT2D eigenvalue weighted by atomic mass is 35.5. The molecule has 21 heavy (non-hydrogen) atoms. The molecule has 0 heterocycles. The molecule has 0 saturated heterocycles. The number of carbonyl (C=O) groups is 2. The summed E-state index contributed by atoms with van der Waals surface area (Å²) in [5.74, 6) is -0.311. The van der Waals surface area contributed by atoms with E-state index in [1.54, 1.807) is 25.1 Å². The van der Waals surface area contributed by atoms with E-state index in [-0.39, 0.29) is 24.3 Å². The van der Waals surface area contributed by atoms with Gasteiger partial charge in [0.05, 0.1) is 10.6 Å². The fourth-order valence-electron chi connectivity index (χ4n) is 1.54. The Morgan fingerprint density at radius 2 is 1.95 bits per heavy atom. The lowest BCUT2D eigenvalue weighted by molar-refractivity contribution is -0.119. The van der Waals surface area contributed by atoms with Gasteiger partial charge in [-0.2, -0.15) is 0 Å². The summed E-state index contributed by atoms with van der Waals surface area (Å²) < 4.78 is 0. The quantitative estimate of drug-likeness (QED) is 0.753. The van der Waals surface area contributed by atoms with Crippen LogP contribution < -0.4 is 16.4 Å². The van der Waals surface area contributed by atoms with Gasteiger partial charge < -0.3 is 16.4 Å². The van der Waals surface area contributed by atoms with Crippen molar-refractivity contribution in [2.45, 2.75) is 20.8 Å². The molecule has 0 aliphatic heterocycles. The van der Waals surface area contributed by atoms with Crippen molar-refractivity contribution >= 4 is 29.1 Å². The summed E-state index contributed by atoms with van der Waals surface area (Å²) in [5.41, 5.74) is 6.38. The van der Waals surface area contributed by atoms with Gasteiger partial charge in [0.1, 0.15) is 0 Å². The van der Waals surface area contributed by atoms with Gasteiger partial charge in [0.2, 0.25) is 5.91 Å². The van der Waals surface area contributed by atoms with Crippen LogP contribution in [0, 0.1) is 11.8 Å². The number of hydrogen-bond acceptors (Lipinski definition) is 3. The topological polar surface area (TPSA) is 84.2 Å². The van der Waals surface area contributed by atoms with E-state index in [4.69, 9.17) is 17.3 Å². The second kappa shape index (κ2) is 8.00. The van der Waals surface area contributed by atoms with Crippen LogP contribution in [-0.2, 0) is 4.79 Å². The van der Waals surface area contributed by atoms with Crippen LogP contribution in [-0.4, -0.2) is 24.9 Å². The normalized spacial score (nSPS) is 12.1. The molecule has 6 heteroatoms. The molecular weight excluding hydrogens is 290 g/mol. The average Bonchev–Trinajstić information content (AvgIpc) is 2.43. The first-order valence-electron chi connectivity index (χ1n) is 6.93. The first kappa shape index (κ1) is 17.5. The van der Waals surface area contributed by atoms with E-state index in [1.807, 2.05) is 13.8 Å². The molecule has 1 aromatic carbocycles. The Kier molecular flexibility index (Phi) is 6.65. The van der Waals surface area contributed by atoms with Crippen LogP contribution in [0.4, 0.5) is 5.69 Å². The molecule has 0 radical (unpaired) electrons. The minimum absolute atomic E-state index is 0.175. The van der Waals surface area contributed by atoms with Crippen LogP contribution in [0.1, 0.15) is 31.1 Å². The van der Waals surface area contributed by atoms with Gasteiger partial charge in [0, 0.05) is 24.7 Å². The maximum absolute atomic E-state index is 12.0. The number of halogens is 1. The number of hydrogen-bond donors (Lipinski definition) is 3. The van der Waals surface area contributed by atoms with Crippen LogP contribution in [0.5, 0.6) is 0 Å². The lowest BCUT2D eigenvalue weighted by Gasteiger charge is -2.12. The maximum atomic E-state index is 12.0. The summed E-state index contributed by atoms with van der Waals surface area (Å²) in [4.78, 5) is 23.7. The second-order valence-corrected chi connectivity index (χ2v) is 5.83. The molecule has 1 rings (SSSR count). The summed E-state index contributed by atoms with van der Waals surface area (Å²) in [5, 5.41) is 5.81. The van der Waals surface area contributed by atoms with Crippen LogP contribution in [0.25, 0.3) is 0 Å². The highest BCUT2D eigenvalue weighted by Gasteiger charge is 2.14. The van der Waals surface area contributed by atoms with Gasteiger partial charge in [-0.25, -0.2) is 0 Å². The fraction of sp³-hybridized carbons (Fsp3) is 0.467. The first-order chi connectivity index (χ1) is 9.85. The van der Waals surface area contributed by atoms with Crippen molar-refractivity contribution in [3.63, 3.8) is 0 Å². The highest BCUT2D eigenvalue weighted by Crippen LogP contribution is 2.21. The van der Waals surface area contributed by atoms with Crippen molar-refractivity contribution in [3.05, 3.63) is 28.8 Å². The lowest BCUT2D eigenvalue weighted by Crippen LogP contribution is -2.28. The van der Waals surface area contributed by atoms with Gasteiger partial charge in [-0.05, 0) is 24.1 Å². The third kappa shape index (κ3) is 5.36. The molecule has 1 unspecified atom stereocenters. The Morgan fingerprint density at radius 1 is 1.29 bits per heavy atom. The molecule has 0 bridgehead atoms. The van der Waals surface area contributed by atoms with Crippen molar-refractivity contribution < 1.29 is 9.59 Å². The molecular formula is C15H22ClN3O2. The highest BCUT2D eigenvalue weighted by molar-refractivity contribution is 6.34. The van der Waals surface area contributed by atoms with E-state index < -0.39 is 0 Å². The number of rotatable bonds is 6. The van der Waals surface area contributed by atoms with E-state index in [2.05, 4.69) is 10.6 Å². The number of nitrogens with one attached hydrogen (secondary N) is 2. The maximum Gasteiger partial charge on any atom is 0.252 e. The molecule has 0 saturated carbocycles. The summed E-state index contributed by atoms with van der Waals surface area (Å²) in [7, 11) is 0. The molecule has 2 amide bonds. The van der Waals surface area contributed by atoms with Gasteiger partial charge in [0.15, 0.2) is 0 Å². The Bertz CT molecular complexity index is 518. The van der Waals surface area contributed by atoms with Gasteiger partial charge in [-0.3, -0.25) is 9.59 Å². The number of carbonyl (C=O) groups excluding carboxylic acids is 2. The summed E-state index contributed by atoms with van der Waals surface area (Å²) in [6.07, 6.45) is 0. The molecule has 0 aliphatic carbocycles. The molecule has 116 valence electrons. The van der Waals surface area contributed by atoms with Crippen LogP contribution >= 0.6 is 11.6 Å². The van der Waals surface area contributed by atoms with E-state index >= 15 is 0 Å². The van der Waals surface area contributed by atoms with Crippen LogP contribution in [0.3, 0.4) is 0 Å². The Morgan fingerprint density at radius 3 is 2.48 bits per heavy atom. The smallest absolute Gasteiger partial charge is 0.252 e. The summed E-state index contributed by atoms with van der Waals surface area (Å²) in [6, 6.07) is 4.81. The van der Waals surface area contributed by atoms with E-state index in [0.717, 1.165) is 0 Å². The zero-order valence-electron chi connectivity index (χ0n) is 12.6. The van der Waals surface area contributed by atoms with Gasteiger partial charge in [-0.1, -0.05) is 32.4 Å². The lowest BCUT2D eigenvalue weighted by atomic mass is 10.1. The molecule has 1 atom stereocenters. The minimum Gasteiger partial charge on any atom is -0.352 e. The molecule has 4 N–H and O–H groups in total. The van der Waals surface area contributed by atoms with E-state index in [0.29, 0.717) is 28.7 Å². The van der Waals surface area contributed by atoms with E-state index in [9.17, 15) is 9.59 Å². The standard InChI is InChI=1S/C15H22ClN3O2/c1-9(2)8-18-15(21)12-5-4-11(6-13(12)16)19-14(20)10(3)7-17/h4-6,9-10H,7-8,17H2,1-3H3,(H,18,21)(H,19,20). The van der Waals surface area contributed by atoms with Gasteiger partial charge in [-0.15, -0.1) is 0 Å². The Labute approximate surface area is 130 Å². The van der Waals surface area contributed by atoms with Crippen molar-refractivity contribution in [2.75, 3.05) is 18.4 Å². The SMILES string of the molecule is CC(C)CNC(=O)c1ccc(NC(=O)C(C)CN)cc1Cl. The number of benzene rings is 1. The molecule has 0 aliphatic rings. The largest absolute Gasteiger partial charge is 0.352 e.